The maximum Gasteiger partial charge on any atom is 0.315 e. The van der Waals surface area contributed by atoms with E-state index in [4.69, 9.17) is 4.74 Å². The molecule has 2 aromatic rings. The highest BCUT2D eigenvalue weighted by Crippen LogP contribution is 2.35. The minimum atomic E-state index is -0.601. The molecule has 2 aromatic carbocycles. The van der Waals surface area contributed by atoms with E-state index in [0.29, 0.717) is 23.0 Å². The van der Waals surface area contributed by atoms with E-state index >= 15 is 0 Å². The van der Waals surface area contributed by atoms with Gasteiger partial charge >= 0.3 is 6.03 Å². The van der Waals surface area contributed by atoms with Crippen LogP contribution in [0, 0.1) is 5.92 Å². The Hall–Kier alpha value is -3.06. The average molecular weight is 465 g/mol. The monoisotopic (exact) mass is 464 g/mol. The first-order valence-corrected chi connectivity index (χ1v) is 12.0. The summed E-state index contributed by atoms with van der Waals surface area (Å²) in [6, 6.07) is 14.7. The van der Waals surface area contributed by atoms with E-state index < -0.39 is 5.54 Å². The lowest BCUT2D eigenvalue weighted by Gasteiger charge is -2.52. The van der Waals surface area contributed by atoms with Crippen molar-refractivity contribution < 1.29 is 14.3 Å². The van der Waals surface area contributed by atoms with Crippen molar-refractivity contribution in [3.63, 3.8) is 0 Å². The van der Waals surface area contributed by atoms with Crippen molar-refractivity contribution in [3.8, 4) is 11.5 Å². The van der Waals surface area contributed by atoms with Gasteiger partial charge in [-0.2, -0.15) is 0 Å². The molecule has 0 aliphatic carbocycles. The predicted octanol–water partition coefficient (Wildman–Crippen LogP) is 4.20. The van der Waals surface area contributed by atoms with E-state index in [1.54, 1.807) is 32.3 Å². The van der Waals surface area contributed by atoms with Gasteiger partial charge in [0.2, 0.25) is 0 Å². The molecule has 0 aromatic heterocycles. The van der Waals surface area contributed by atoms with E-state index in [0.717, 1.165) is 38.0 Å². The van der Waals surface area contributed by atoms with Gasteiger partial charge in [-0.1, -0.05) is 18.2 Å². The highest BCUT2D eigenvalue weighted by Gasteiger charge is 2.44. The van der Waals surface area contributed by atoms with Gasteiger partial charge in [0, 0.05) is 26.2 Å². The molecular weight excluding hydrogens is 428 g/mol. The molecule has 0 radical (unpaired) electrons. The highest BCUT2D eigenvalue weighted by atomic mass is 16.5. The van der Waals surface area contributed by atoms with Crippen molar-refractivity contribution in [1.29, 1.82) is 0 Å². The number of nitrogens with one attached hydrogen (secondary N) is 2. The Kier molecular flexibility index (Phi) is 6.58. The second-order valence-electron chi connectivity index (χ2n) is 10.5. The maximum atomic E-state index is 13.0. The summed E-state index contributed by atoms with van der Waals surface area (Å²) < 4.78 is 6.06. The van der Waals surface area contributed by atoms with Crippen molar-refractivity contribution >= 4 is 11.9 Å². The summed E-state index contributed by atoms with van der Waals surface area (Å²) in [4.78, 5) is 29.2. The van der Waals surface area contributed by atoms with E-state index in [2.05, 4.69) is 22.5 Å². The van der Waals surface area contributed by atoms with Crippen LogP contribution in [0.5, 0.6) is 11.5 Å². The second-order valence-corrected chi connectivity index (χ2v) is 10.5. The van der Waals surface area contributed by atoms with E-state index in [1.165, 1.54) is 4.90 Å². The summed E-state index contributed by atoms with van der Waals surface area (Å²) in [5.74, 6) is 1.68. The van der Waals surface area contributed by atoms with Crippen LogP contribution >= 0.6 is 0 Å². The number of hydrogen-bond acceptors (Lipinski definition) is 4. The molecule has 0 spiro atoms. The molecule has 5 rings (SSSR count). The maximum absolute atomic E-state index is 13.0. The minimum Gasteiger partial charge on any atom is -0.457 e. The third-order valence-electron chi connectivity index (χ3n) is 7.14. The third-order valence-corrected chi connectivity index (χ3v) is 7.14. The Labute approximate surface area is 202 Å². The Morgan fingerprint density at radius 2 is 1.71 bits per heavy atom. The molecule has 3 fully saturated rings. The summed E-state index contributed by atoms with van der Waals surface area (Å²) in [7, 11) is 3.45. The van der Waals surface area contributed by atoms with Gasteiger partial charge in [-0.3, -0.25) is 4.79 Å². The second kappa shape index (κ2) is 9.29. The van der Waals surface area contributed by atoms with Crippen molar-refractivity contribution in [1.82, 2.24) is 20.4 Å². The van der Waals surface area contributed by atoms with Crippen LogP contribution in [0.1, 0.15) is 49.5 Å². The molecule has 2 N–H and O–H groups in total. The van der Waals surface area contributed by atoms with Crippen LogP contribution in [-0.2, 0) is 5.54 Å². The van der Waals surface area contributed by atoms with Gasteiger partial charge in [0.25, 0.3) is 5.91 Å². The molecule has 3 heterocycles. The summed E-state index contributed by atoms with van der Waals surface area (Å²) in [6.07, 6.45) is 2.28. The molecule has 1 atom stereocenters. The van der Waals surface area contributed by atoms with Gasteiger partial charge < -0.3 is 25.2 Å². The van der Waals surface area contributed by atoms with Crippen LogP contribution in [0.15, 0.2) is 48.5 Å². The topological polar surface area (TPSA) is 73.9 Å². The van der Waals surface area contributed by atoms with Crippen LogP contribution in [0.3, 0.4) is 0 Å². The summed E-state index contributed by atoms with van der Waals surface area (Å²) in [5, 5.41) is 6.43. The van der Waals surface area contributed by atoms with Crippen molar-refractivity contribution in [2.24, 2.45) is 5.92 Å². The van der Waals surface area contributed by atoms with Gasteiger partial charge in [-0.15, -0.1) is 0 Å². The number of carbonyl (C=O) groups is 2. The fourth-order valence-corrected chi connectivity index (χ4v) is 5.15. The molecule has 3 amide bonds. The van der Waals surface area contributed by atoms with Crippen molar-refractivity contribution in [3.05, 3.63) is 59.7 Å². The van der Waals surface area contributed by atoms with Gasteiger partial charge in [-0.05, 0) is 88.5 Å². The van der Waals surface area contributed by atoms with E-state index in [1.807, 2.05) is 44.2 Å². The number of piperidine rings is 3. The average Bonchev–Trinajstić information content (AvgIpc) is 2.78. The number of amides is 3. The zero-order valence-corrected chi connectivity index (χ0v) is 20.9. The number of benzene rings is 2. The fourth-order valence-electron chi connectivity index (χ4n) is 5.15. The zero-order chi connectivity index (χ0) is 24.5. The predicted molar refractivity (Wildman–Crippen MR) is 133 cm³/mol. The van der Waals surface area contributed by atoms with Crippen LogP contribution in [0.25, 0.3) is 0 Å². The van der Waals surface area contributed by atoms with Crippen molar-refractivity contribution in [2.75, 3.05) is 33.7 Å². The standard InChI is InChI=1S/C27H36N4O3/c1-26(2,28-25(33)29-27(3)18-31-14-12-20(27)13-15-31)21-9-7-11-23(17-21)34-22-10-6-8-19(16-22)24(32)30(4)5/h6-11,16-17,20H,12-15,18H2,1-5H3,(H2,28,29,33). The third kappa shape index (κ3) is 5.20. The summed E-state index contributed by atoms with van der Waals surface area (Å²) >= 11 is 0. The number of ether oxygens (including phenoxy) is 1. The molecule has 7 heteroatoms. The van der Waals surface area contributed by atoms with Crippen LogP contribution < -0.4 is 15.4 Å². The number of carbonyl (C=O) groups excluding carboxylic acids is 2. The van der Waals surface area contributed by atoms with E-state index in [9.17, 15) is 9.59 Å². The SMILES string of the molecule is CN(C)C(=O)c1cccc(Oc2cccc(C(C)(C)NC(=O)NC3(C)CN4CCC3CC4)c2)c1. The lowest BCUT2D eigenvalue weighted by atomic mass is 9.74. The first-order valence-electron chi connectivity index (χ1n) is 12.0. The highest BCUT2D eigenvalue weighted by molar-refractivity contribution is 5.94. The van der Waals surface area contributed by atoms with Crippen molar-refractivity contribution in [2.45, 2.75) is 44.7 Å². The number of hydrogen-bond donors (Lipinski definition) is 2. The Bertz CT molecular complexity index is 1060. The molecule has 34 heavy (non-hydrogen) atoms. The Morgan fingerprint density at radius 1 is 1.06 bits per heavy atom. The lowest BCUT2D eigenvalue weighted by Crippen LogP contribution is -2.67. The Morgan fingerprint density at radius 3 is 2.32 bits per heavy atom. The molecule has 3 aliphatic heterocycles. The molecule has 3 aliphatic rings. The molecule has 7 nitrogen and oxygen atoms in total. The quantitative estimate of drug-likeness (QED) is 0.672. The molecule has 1 unspecified atom stereocenters. The van der Waals surface area contributed by atoms with E-state index in [-0.39, 0.29) is 17.5 Å². The minimum absolute atomic E-state index is 0.0766. The van der Waals surface area contributed by atoms with Gasteiger partial charge in [0.05, 0.1) is 11.1 Å². The molecule has 2 bridgehead atoms. The zero-order valence-electron chi connectivity index (χ0n) is 20.9. The summed E-state index contributed by atoms with van der Waals surface area (Å²) in [5.41, 5.74) is 0.700. The lowest BCUT2D eigenvalue weighted by molar-refractivity contribution is 0.0224. The van der Waals surface area contributed by atoms with Crippen LogP contribution in [-0.4, -0.2) is 61.0 Å². The number of rotatable bonds is 6. The number of urea groups is 1. The number of nitrogens with zero attached hydrogens (tertiary/aromatic N) is 2. The Balaban J connectivity index is 1.44. The molecule has 0 saturated carbocycles. The smallest absolute Gasteiger partial charge is 0.315 e. The van der Waals surface area contributed by atoms with Gasteiger partial charge in [0.15, 0.2) is 0 Å². The molecule has 182 valence electrons. The fraction of sp³-hybridized carbons (Fsp3) is 0.481. The van der Waals surface area contributed by atoms with Gasteiger partial charge in [-0.25, -0.2) is 4.79 Å². The molecule has 3 saturated heterocycles. The first-order chi connectivity index (χ1) is 16.1. The molecular formula is C27H36N4O3. The van der Waals surface area contributed by atoms with Crippen LogP contribution in [0.2, 0.25) is 0 Å². The first kappa shape index (κ1) is 24.1. The number of fused-ring (bicyclic) bond motifs is 3. The summed E-state index contributed by atoms with van der Waals surface area (Å²) in [6.45, 7) is 9.31. The van der Waals surface area contributed by atoms with Crippen LogP contribution in [0.4, 0.5) is 4.79 Å². The van der Waals surface area contributed by atoms with Gasteiger partial charge in [0.1, 0.15) is 11.5 Å². The normalized spacial score (nSPS) is 23.8. The largest absolute Gasteiger partial charge is 0.457 e.